The Labute approximate surface area is 180 Å². The third-order valence-electron chi connectivity index (χ3n) is 4.56. The molecule has 8 heteroatoms. The molecule has 8 nitrogen and oxygen atoms in total. The van der Waals surface area contributed by atoms with E-state index in [2.05, 4.69) is 10.4 Å². The zero-order valence-corrected chi connectivity index (χ0v) is 17.8. The second-order valence-electron chi connectivity index (χ2n) is 6.80. The molecule has 31 heavy (non-hydrogen) atoms. The molecule has 162 valence electrons. The van der Waals surface area contributed by atoms with E-state index in [1.54, 1.807) is 26.4 Å². The number of aryl methyl sites for hydroxylation is 1. The number of nitrogens with zero attached hydrogens (tertiary/aromatic N) is 2. The predicted octanol–water partition coefficient (Wildman–Crippen LogP) is 2.43. The number of benzene rings is 2. The number of carbonyl (C=O) groups is 1. The molecular formula is C23H25N3O5. The Balaban J connectivity index is 1.56. The van der Waals surface area contributed by atoms with E-state index in [1.165, 1.54) is 10.7 Å². The van der Waals surface area contributed by atoms with Gasteiger partial charge in [0.1, 0.15) is 5.75 Å². The third-order valence-corrected chi connectivity index (χ3v) is 4.56. The SMILES string of the molecule is COc1cccc(-c2ccc(=O)n(CCNC(=O)COc3ccc(C)cc3OC)n2)c1. The van der Waals surface area contributed by atoms with E-state index in [0.717, 1.165) is 11.1 Å². The van der Waals surface area contributed by atoms with Gasteiger partial charge in [-0.3, -0.25) is 9.59 Å². The van der Waals surface area contributed by atoms with Gasteiger partial charge in [0.2, 0.25) is 0 Å². The smallest absolute Gasteiger partial charge is 0.266 e. The van der Waals surface area contributed by atoms with Crippen molar-refractivity contribution in [2.24, 2.45) is 0 Å². The summed E-state index contributed by atoms with van der Waals surface area (Å²) in [6.07, 6.45) is 0. The summed E-state index contributed by atoms with van der Waals surface area (Å²) in [6, 6.07) is 16.0. The molecular weight excluding hydrogens is 398 g/mol. The number of methoxy groups -OCH3 is 2. The number of aromatic nitrogens is 2. The van der Waals surface area contributed by atoms with Gasteiger partial charge in [-0.05, 0) is 42.8 Å². The number of ether oxygens (including phenoxy) is 3. The van der Waals surface area contributed by atoms with E-state index >= 15 is 0 Å². The molecule has 1 amide bonds. The van der Waals surface area contributed by atoms with Crippen LogP contribution in [0.15, 0.2) is 59.4 Å². The molecule has 2 aromatic carbocycles. The van der Waals surface area contributed by atoms with Gasteiger partial charge < -0.3 is 19.5 Å². The van der Waals surface area contributed by atoms with Crippen molar-refractivity contribution in [3.8, 4) is 28.5 Å². The first-order chi connectivity index (χ1) is 15.0. The zero-order chi connectivity index (χ0) is 22.2. The fraction of sp³-hybridized carbons (Fsp3) is 0.261. The second-order valence-corrected chi connectivity index (χ2v) is 6.80. The highest BCUT2D eigenvalue weighted by Gasteiger charge is 2.09. The lowest BCUT2D eigenvalue weighted by atomic mass is 10.1. The molecule has 0 radical (unpaired) electrons. The van der Waals surface area contributed by atoms with E-state index < -0.39 is 0 Å². The summed E-state index contributed by atoms with van der Waals surface area (Å²) >= 11 is 0. The Morgan fingerprint density at radius 2 is 1.87 bits per heavy atom. The zero-order valence-electron chi connectivity index (χ0n) is 17.8. The van der Waals surface area contributed by atoms with Crippen LogP contribution in [0.3, 0.4) is 0 Å². The first-order valence-electron chi connectivity index (χ1n) is 9.77. The van der Waals surface area contributed by atoms with Crippen LogP contribution in [0.2, 0.25) is 0 Å². The average molecular weight is 423 g/mol. The fourth-order valence-corrected chi connectivity index (χ4v) is 2.94. The van der Waals surface area contributed by atoms with E-state index in [-0.39, 0.29) is 31.2 Å². The van der Waals surface area contributed by atoms with Crippen molar-refractivity contribution in [3.63, 3.8) is 0 Å². The van der Waals surface area contributed by atoms with Crippen molar-refractivity contribution in [2.75, 3.05) is 27.4 Å². The Bertz CT molecular complexity index is 1110. The molecule has 3 rings (SSSR count). The van der Waals surface area contributed by atoms with Crippen LogP contribution in [0.5, 0.6) is 17.2 Å². The van der Waals surface area contributed by atoms with Crippen LogP contribution in [0.4, 0.5) is 0 Å². The molecule has 0 saturated heterocycles. The molecule has 0 unspecified atom stereocenters. The van der Waals surface area contributed by atoms with Gasteiger partial charge in [-0.1, -0.05) is 18.2 Å². The summed E-state index contributed by atoms with van der Waals surface area (Å²) in [5.74, 6) is 1.46. The topological polar surface area (TPSA) is 91.7 Å². The number of hydrogen-bond acceptors (Lipinski definition) is 6. The van der Waals surface area contributed by atoms with Crippen molar-refractivity contribution in [2.45, 2.75) is 13.5 Å². The Morgan fingerprint density at radius 1 is 1.03 bits per heavy atom. The summed E-state index contributed by atoms with van der Waals surface area (Å²) in [4.78, 5) is 24.3. The van der Waals surface area contributed by atoms with Gasteiger partial charge >= 0.3 is 0 Å². The number of carbonyl (C=O) groups excluding carboxylic acids is 1. The van der Waals surface area contributed by atoms with Gasteiger partial charge in [0, 0.05) is 18.2 Å². The van der Waals surface area contributed by atoms with Crippen LogP contribution in [-0.2, 0) is 11.3 Å². The maximum atomic E-state index is 12.1. The number of amides is 1. The molecule has 1 heterocycles. The summed E-state index contributed by atoms with van der Waals surface area (Å²) in [6.45, 7) is 2.25. The summed E-state index contributed by atoms with van der Waals surface area (Å²) in [7, 11) is 3.14. The normalized spacial score (nSPS) is 10.4. The maximum absolute atomic E-state index is 12.1. The third kappa shape index (κ3) is 5.85. The van der Waals surface area contributed by atoms with Crippen molar-refractivity contribution in [1.29, 1.82) is 0 Å². The molecule has 1 aromatic heterocycles. The highest BCUT2D eigenvalue weighted by molar-refractivity contribution is 5.77. The highest BCUT2D eigenvalue weighted by Crippen LogP contribution is 2.27. The van der Waals surface area contributed by atoms with Gasteiger partial charge in [-0.2, -0.15) is 5.10 Å². The lowest BCUT2D eigenvalue weighted by molar-refractivity contribution is -0.123. The molecule has 3 aromatic rings. The molecule has 0 bridgehead atoms. The molecule has 1 N–H and O–H groups in total. The minimum absolute atomic E-state index is 0.161. The minimum atomic E-state index is -0.306. The minimum Gasteiger partial charge on any atom is -0.497 e. The lowest BCUT2D eigenvalue weighted by Crippen LogP contribution is -2.34. The number of nitrogens with one attached hydrogen (secondary N) is 1. The predicted molar refractivity (Wildman–Crippen MR) is 117 cm³/mol. The van der Waals surface area contributed by atoms with Gasteiger partial charge in [0.05, 0.1) is 26.5 Å². The maximum Gasteiger partial charge on any atom is 0.266 e. The van der Waals surface area contributed by atoms with Crippen LogP contribution in [0.25, 0.3) is 11.3 Å². The van der Waals surface area contributed by atoms with Gasteiger partial charge in [0.15, 0.2) is 18.1 Å². The van der Waals surface area contributed by atoms with Crippen LogP contribution < -0.4 is 25.1 Å². The highest BCUT2D eigenvalue weighted by atomic mass is 16.5. The molecule has 0 aliphatic rings. The second kappa shape index (κ2) is 10.3. The van der Waals surface area contributed by atoms with E-state index in [4.69, 9.17) is 14.2 Å². The Kier molecular flexibility index (Phi) is 7.26. The molecule has 0 fully saturated rings. The van der Waals surface area contributed by atoms with Crippen molar-refractivity contribution in [1.82, 2.24) is 15.1 Å². The average Bonchev–Trinajstić information content (AvgIpc) is 2.79. The Morgan fingerprint density at radius 3 is 2.65 bits per heavy atom. The lowest BCUT2D eigenvalue weighted by Gasteiger charge is -2.12. The summed E-state index contributed by atoms with van der Waals surface area (Å²) in [5.41, 5.74) is 2.25. The first-order valence-corrected chi connectivity index (χ1v) is 9.77. The van der Waals surface area contributed by atoms with E-state index in [1.807, 2.05) is 43.3 Å². The quantitative estimate of drug-likeness (QED) is 0.568. The first kappa shape index (κ1) is 21.9. The van der Waals surface area contributed by atoms with Gasteiger partial charge in [-0.15, -0.1) is 0 Å². The van der Waals surface area contributed by atoms with E-state index in [0.29, 0.717) is 22.9 Å². The summed E-state index contributed by atoms with van der Waals surface area (Å²) in [5, 5.41) is 7.12. The molecule has 0 atom stereocenters. The number of hydrogen-bond donors (Lipinski definition) is 1. The number of rotatable bonds is 9. The van der Waals surface area contributed by atoms with Crippen LogP contribution in [0.1, 0.15) is 5.56 Å². The van der Waals surface area contributed by atoms with Gasteiger partial charge in [-0.25, -0.2) is 4.68 Å². The monoisotopic (exact) mass is 423 g/mol. The van der Waals surface area contributed by atoms with Crippen molar-refractivity contribution in [3.05, 3.63) is 70.5 Å². The largest absolute Gasteiger partial charge is 0.497 e. The van der Waals surface area contributed by atoms with E-state index in [9.17, 15) is 9.59 Å². The van der Waals surface area contributed by atoms with Crippen LogP contribution in [-0.4, -0.2) is 43.1 Å². The van der Waals surface area contributed by atoms with Crippen LogP contribution >= 0.6 is 0 Å². The Hall–Kier alpha value is -3.81. The van der Waals surface area contributed by atoms with Crippen molar-refractivity contribution < 1.29 is 19.0 Å². The fourth-order valence-electron chi connectivity index (χ4n) is 2.94. The molecule has 0 aliphatic carbocycles. The van der Waals surface area contributed by atoms with Crippen LogP contribution in [0, 0.1) is 6.92 Å². The van der Waals surface area contributed by atoms with Crippen molar-refractivity contribution >= 4 is 5.91 Å². The summed E-state index contributed by atoms with van der Waals surface area (Å²) < 4.78 is 17.4. The van der Waals surface area contributed by atoms with Gasteiger partial charge in [0.25, 0.3) is 11.5 Å². The molecule has 0 aliphatic heterocycles. The molecule has 0 spiro atoms. The molecule has 0 saturated carbocycles. The standard InChI is InChI=1S/C23H25N3O5/c1-16-7-9-20(21(13-16)30-3)31-15-22(27)24-11-12-26-23(28)10-8-19(25-26)17-5-4-6-18(14-17)29-2/h4-10,13-14H,11-12,15H2,1-3H3,(H,24,27).